The summed E-state index contributed by atoms with van der Waals surface area (Å²) in [6, 6.07) is 9.16. The van der Waals surface area contributed by atoms with Crippen LogP contribution < -0.4 is 32.0 Å². The van der Waals surface area contributed by atoms with E-state index >= 15 is 0 Å². The van der Waals surface area contributed by atoms with Gasteiger partial charge in [-0.1, -0.05) is 5.92 Å². The Balaban J connectivity index is 0.000000604. The van der Waals surface area contributed by atoms with E-state index in [0.717, 1.165) is 26.2 Å². The molecule has 15 heteroatoms. The third-order valence-electron chi connectivity index (χ3n) is 4.91. The summed E-state index contributed by atoms with van der Waals surface area (Å²) in [4.78, 5) is 41.2. The molecule has 1 amide bonds. The van der Waals surface area contributed by atoms with E-state index in [1.807, 2.05) is 0 Å². The average molecular weight is 525 g/mol. The van der Waals surface area contributed by atoms with Crippen LogP contribution in [-0.2, 0) is 11.8 Å². The van der Waals surface area contributed by atoms with Gasteiger partial charge in [-0.05, 0) is 31.2 Å². The van der Waals surface area contributed by atoms with Gasteiger partial charge in [0.15, 0.2) is 11.5 Å². The number of nitrogens with one attached hydrogen (secondary N) is 1. The van der Waals surface area contributed by atoms with E-state index in [4.69, 9.17) is 26.1 Å². The summed E-state index contributed by atoms with van der Waals surface area (Å²) < 4.78 is 38.7. The van der Waals surface area contributed by atoms with Crippen LogP contribution >= 0.6 is 0 Å². The minimum atomic E-state index is -5.08. The van der Waals surface area contributed by atoms with Gasteiger partial charge in [-0.2, -0.15) is 18.2 Å². The van der Waals surface area contributed by atoms with Crippen LogP contribution in [0.1, 0.15) is 17.3 Å². The Labute approximate surface area is 209 Å². The standard InChI is InChI=1S/C20H25N7O3.C2HF3O2/c1-3-10-27(13-26-11-8-23-9-12-26)16-17(21)24-20(25(2)19(16)29)30-15-6-4-14(5-7-15)18(22)28;3-2(4,5)1(6)7/h4-7,23H,8-9,11-13,21H2,1-2H3,(H2,22,28);(H,6,7). The maximum absolute atomic E-state index is 13.1. The van der Waals surface area contributed by atoms with Crippen molar-refractivity contribution in [3.63, 3.8) is 0 Å². The summed E-state index contributed by atoms with van der Waals surface area (Å²) in [5.41, 5.74) is 11.6. The quantitative estimate of drug-likeness (QED) is 0.308. The number of aromatic nitrogens is 2. The molecule has 1 aliphatic heterocycles. The number of halogens is 3. The number of carbonyl (C=O) groups excluding carboxylic acids is 1. The van der Waals surface area contributed by atoms with Gasteiger partial charge in [-0.3, -0.25) is 24.0 Å². The normalized spacial score (nSPS) is 13.4. The van der Waals surface area contributed by atoms with E-state index in [1.54, 1.807) is 31.0 Å². The van der Waals surface area contributed by atoms with Crippen molar-refractivity contribution in [2.45, 2.75) is 13.1 Å². The van der Waals surface area contributed by atoms with Gasteiger partial charge in [0.05, 0.1) is 6.67 Å². The van der Waals surface area contributed by atoms with Crippen LogP contribution in [0.5, 0.6) is 11.8 Å². The summed E-state index contributed by atoms with van der Waals surface area (Å²) >= 11 is 0. The zero-order chi connectivity index (χ0) is 27.8. The molecular formula is C22H26F3N7O5. The second kappa shape index (κ2) is 12.6. The predicted octanol–water partition coefficient (Wildman–Crippen LogP) is 0.537. The van der Waals surface area contributed by atoms with Crippen LogP contribution in [0.3, 0.4) is 0 Å². The van der Waals surface area contributed by atoms with Crippen molar-refractivity contribution in [2.24, 2.45) is 12.8 Å². The molecule has 1 aliphatic rings. The number of carboxylic acids is 1. The third kappa shape index (κ3) is 8.12. The van der Waals surface area contributed by atoms with Crippen LogP contribution in [0, 0.1) is 12.0 Å². The zero-order valence-electron chi connectivity index (χ0n) is 20.0. The molecule has 0 radical (unpaired) electrons. The van der Waals surface area contributed by atoms with Crippen LogP contribution in [0.25, 0.3) is 0 Å². The first-order valence-electron chi connectivity index (χ1n) is 10.7. The summed E-state index contributed by atoms with van der Waals surface area (Å²) in [6.07, 6.45) is -5.08. The minimum Gasteiger partial charge on any atom is -0.475 e. The Hall–Kier alpha value is -4.29. The summed E-state index contributed by atoms with van der Waals surface area (Å²) in [6.45, 7) is 5.58. The zero-order valence-corrected chi connectivity index (χ0v) is 20.0. The number of carbonyl (C=O) groups is 2. The third-order valence-corrected chi connectivity index (χ3v) is 4.91. The number of hydrogen-bond acceptors (Lipinski definition) is 9. The molecule has 0 spiro atoms. The molecule has 1 fully saturated rings. The molecule has 37 heavy (non-hydrogen) atoms. The lowest BCUT2D eigenvalue weighted by Crippen LogP contribution is -2.48. The first kappa shape index (κ1) is 28.9. The van der Waals surface area contributed by atoms with E-state index < -0.39 is 18.1 Å². The maximum Gasteiger partial charge on any atom is 0.490 e. The highest BCUT2D eigenvalue weighted by Gasteiger charge is 2.38. The first-order chi connectivity index (χ1) is 17.3. The molecule has 6 N–H and O–H groups in total. The molecule has 200 valence electrons. The van der Waals surface area contributed by atoms with Crippen molar-refractivity contribution in [3.8, 4) is 23.7 Å². The highest BCUT2D eigenvalue weighted by molar-refractivity contribution is 5.92. The number of nitrogen functional groups attached to an aromatic ring is 1. The number of nitrogens with two attached hydrogens (primary N) is 2. The van der Waals surface area contributed by atoms with E-state index in [0.29, 0.717) is 18.0 Å². The summed E-state index contributed by atoms with van der Waals surface area (Å²) in [7, 11) is 1.55. The van der Waals surface area contributed by atoms with Crippen LogP contribution in [-0.4, -0.2) is 70.5 Å². The van der Waals surface area contributed by atoms with Gasteiger partial charge in [-0.15, -0.1) is 0 Å². The van der Waals surface area contributed by atoms with Crippen LogP contribution in [0.15, 0.2) is 29.1 Å². The fourth-order valence-corrected chi connectivity index (χ4v) is 3.07. The fourth-order valence-electron chi connectivity index (χ4n) is 3.07. The fraction of sp³-hybridized carbons (Fsp3) is 0.364. The second-order valence-electron chi connectivity index (χ2n) is 7.59. The van der Waals surface area contributed by atoms with Gasteiger partial charge in [0.1, 0.15) is 5.75 Å². The van der Waals surface area contributed by atoms with E-state index in [9.17, 15) is 22.8 Å². The van der Waals surface area contributed by atoms with E-state index in [1.165, 1.54) is 16.7 Å². The molecule has 1 aromatic carbocycles. The molecule has 0 atom stereocenters. The monoisotopic (exact) mass is 525 g/mol. The van der Waals surface area contributed by atoms with E-state index in [-0.39, 0.29) is 23.1 Å². The first-order valence-corrected chi connectivity index (χ1v) is 10.7. The number of ether oxygens (including phenoxy) is 1. The topological polar surface area (TPSA) is 169 Å². The molecule has 0 unspecified atom stereocenters. The number of carboxylic acid groups (broad SMARTS) is 1. The molecule has 0 saturated carbocycles. The Bertz CT molecular complexity index is 1230. The smallest absolute Gasteiger partial charge is 0.475 e. The van der Waals surface area contributed by atoms with Gasteiger partial charge >= 0.3 is 18.2 Å². The number of primary amides is 1. The lowest BCUT2D eigenvalue weighted by molar-refractivity contribution is -0.192. The molecule has 1 saturated heterocycles. The molecular weight excluding hydrogens is 499 g/mol. The van der Waals surface area contributed by atoms with Gasteiger partial charge in [0.25, 0.3) is 5.56 Å². The second-order valence-corrected chi connectivity index (χ2v) is 7.59. The largest absolute Gasteiger partial charge is 0.490 e. The number of aliphatic carboxylic acids is 1. The Morgan fingerprint density at radius 2 is 1.81 bits per heavy atom. The lowest BCUT2D eigenvalue weighted by atomic mass is 10.2. The van der Waals surface area contributed by atoms with Crippen molar-refractivity contribution in [1.29, 1.82) is 0 Å². The molecule has 3 rings (SSSR count). The van der Waals surface area contributed by atoms with Crippen LogP contribution in [0.2, 0.25) is 0 Å². The molecule has 12 nitrogen and oxygen atoms in total. The van der Waals surface area contributed by atoms with Crippen molar-refractivity contribution >= 4 is 23.4 Å². The SMILES string of the molecule is CC#CN(CN1CCNCC1)c1c(N)nc(Oc2ccc(C(N)=O)cc2)n(C)c1=O.O=C(O)C(F)(F)F. The Morgan fingerprint density at radius 3 is 2.30 bits per heavy atom. The highest BCUT2D eigenvalue weighted by Crippen LogP contribution is 2.23. The molecule has 0 bridgehead atoms. The molecule has 2 heterocycles. The highest BCUT2D eigenvalue weighted by atomic mass is 19.4. The predicted molar refractivity (Wildman–Crippen MR) is 128 cm³/mol. The summed E-state index contributed by atoms with van der Waals surface area (Å²) in [5.74, 6) is -0.0477. The Morgan fingerprint density at radius 1 is 1.24 bits per heavy atom. The average Bonchev–Trinajstić information content (AvgIpc) is 2.83. The molecule has 2 aromatic rings. The molecule has 1 aromatic heterocycles. The van der Waals surface area contributed by atoms with Crippen LogP contribution in [0.4, 0.5) is 24.7 Å². The number of amides is 1. The number of rotatable bonds is 6. The lowest BCUT2D eigenvalue weighted by Gasteiger charge is -2.31. The number of alkyl halides is 3. The van der Waals surface area contributed by atoms with Crippen molar-refractivity contribution in [3.05, 3.63) is 40.2 Å². The number of hydrogen-bond donors (Lipinski definition) is 4. The van der Waals surface area contributed by atoms with Gasteiger partial charge in [0, 0.05) is 44.8 Å². The van der Waals surface area contributed by atoms with E-state index in [2.05, 4.69) is 27.2 Å². The van der Waals surface area contributed by atoms with Gasteiger partial charge in [-0.25, -0.2) is 4.79 Å². The number of benzene rings is 1. The van der Waals surface area contributed by atoms with Crippen molar-refractivity contribution < 1.29 is 32.6 Å². The van der Waals surface area contributed by atoms with Gasteiger partial charge < -0.3 is 26.6 Å². The number of nitrogens with zero attached hydrogens (tertiary/aromatic N) is 4. The number of piperazine rings is 1. The van der Waals surface area contributed by atoms with Gasteiger partial charge in [0.2, 0.25) is 5.91 Å². The minimum absolute atomic E-state index is 0.0275. The Kier molecular flexibility index (Phi) is 9.86. The maximum atomic E-state index is 13.1. The van der Waals surface area contributed by atoms with Crippen molar-refractivity contribution in [2.75, 3.05) is 43.5 Å². The number of anilines is 2. The van der Waals surface area contributed by atoms with Crippen molar-refractivity contribution in [1.82, 2.24) is 19.8 Å². The molecule has 0 aliphatic carbocycles. The summed E-state index contributed by atoms with van der Waals surface area (Å²) in [5, 5.41) is 10.4.